The number of aliphatic hydroxyl groups excluding tert-OH is 2. The Kier molecular flexibility index (Phi) is 6.54. The van der Waals surface area contributed by atoms with Gasteiger partial charge in [0.05, 0.1) is 12.9 Å². The Bertz CT molecular complexity index is 901. The van der Waals surface area contributed by atoms with Gasteiger partial charge in [0.2, 0.25) is 0 Å². The summed E-state index contributed by atoms with van der Waals surface area (Å²) in [4.78, 5) is 31.0. The van der Waals surface area contributed by atoms with Crippen LogP contribution in [-0.4, -0.2) is 76.8 Å². The Morgan fingerprint density at radius 1 is 1.31 bits per heavy atom. The van der Waals surface area contributed by atoms with Crippen LogP contribution in [0.3, 0.4) is 0 Å². The molecule has 2 aromatic heterocycles. The maximum atomic E-state index is 10.9. The Hall–Kier alpha value is -1.66. The molecule has 13 heteroatoms. The van der Waals surface area contributed by atoms with E-state index in [0.29, 0.717) is 29.2 Å². The first kappa shape index (κ1) is 22.0. The highest BCUT2D eigenvalue weighted by atomic mass is 31.2. The lowest BCUT2D eigenvalue weighted by atomic mass is 10.1. The molecule has 0 spiro atoms. The van der Waals surface area contributed by atoms with Crippen LogP contribution in [0.2, 0.25) is 0 Å². The fourth-order valence-electron chi connectivity index (χ4n) is 3.06. The number of anilines is 1. The van der Waals surface area contributed by atoms with E-state index < -0.39 is 38.5 Å². The first-order valence-electron chi connectivity index (χ1n) is 9.24. The van der Waals surface area contributed by atoms with Crippen molar-refractivity contribution in [3.63, 3.8) is 0 Å². The monoisotopic (exact) mass is 431 g/mol. The number of rotatable bonds is 8. The molecule has 3 heterocycles. The molecule has 0 amide bonds. The van der Waals surface area contributed by atoms with Crippen LogP contribution >= 0.6 is 7.60 Å². The van der Waals surface area contributed by atoms with Crippen molar-refractivity contribution in [2.75, 3.05) is 18.3 Å². The highest BCUT2D eigenvalue weighted by molar-refractivity contribution is 7.51. The number of aryl methyl sites for hydroxylation is 1. The summed E-state index contributed by atoms with van der Waals surface area (Å²) < 4.78 is 23.1. The third-order valence-electron chi connectivity index (χ3n) is 4.36. The van der Waals surface area contributed by atoms with Gasteiger partial charge in [-0.1, -0.05) is 6.92 Å². The van der Waals surface area contributed by atoms with Gasteiger partial charge in [0, 0.05) is 12.5 Å². The van der Waals surface area contributed by atoms with E-state index in [1.165, 1.54) is 10.9 Å². The average Bonchev–Trinajstić information content (AvgIpc) is 3.16. The van der Waals surface area contributed by atoms with Crippen LogP contribution in [0.4, 0.5) is 5.82 Å². The molecule has 1 saturated heterocycles. The maximum Gasteiger partial charge on any atom is 0.350 e. The molecule has 5 N–H and O–H groups in total. The molecule has 1 aliphatic rings. The van der Waals surface area contributed by atoms with Gasteiger partial charge in [0.25, 0.3) is 0 Å². The van der Waals surface area contributed by atoms with Gasteiger partial charge < -0.3 is 34.8 Å². The normalized spacial score (nSPS) is 25.2. The largest absolute Gasteiger partial charge is 0.387 e. The number of hydrogen-bond acceptors (Lipinski definition) is 9. The molecule has 4 atom stereocenters. The van der Waals surface area contributed by atoms with E-state index in [2.05, 4.69) is 20.3 Å². The molecule has 1 aliphatic heterocycles. The van der Waals surface area contributed by atoms with Crippen LogP contribution in [-0.2, 0) is 20.5 Å². The molecule has 2 aromatic rings. The van der Waals surface area contributed by atoms with Gasteiger partial charge in [-0.15, -0.1) is 0 Å². The second-order valence-electron chi connectivity index (χ2n) is 7.18. The number of nitrogens with one attached hydrogen (secondary N) is 1. The SMILES string of the molecule is CCc1nc(NC(C)C)c2ncn([C@@H]3OC(COCP(=O)(O)O)[C@@H](O)[C@H]3O)c2n1. The summed E-state index contributed by atoms with van der Waals surface area (Å²) >= 11 is 0. The standard InChI is InChI=1S/C16H26N5O7P/c1-4-10-19-14(18-8(2)3)11-15(20-10)21(6-17-11)16-13(23)12(22)9(28-16)5-27-7-29(24,25)26/h6,8-9,12-13,16,22-23H,4-5,7H2,1-3H3,(H,18,19,20)(H2,24,25,26)/t9?,12-,13-,16-/m1/s1. The Morgan fingerprint density at radius 3 is 2.66 bits per heavy atom. The van der Waals surface area contributed by atoms with Crippen molar-refractivity contribution < 1.29 is 34.0 Å². The van der Waals surface area contributed by atoms with Crippen molar-refractivity contribution in [1.82, 2.24) is 19.5 Å². The van der Waals surface area contributed by atoms with Gasteiger partial charge in [-0.2, -0.15) is 0 Å². The summed E-state index contributed by atoms with van der Waals surface area (Å²) in [6.07, 6.45) is -3.35. The van der Waals surface area contributed by atoms with Crippen molar-refractivity contribution in [2.45, 2.75) is 57.8 Å². The number of nitrogens with zero attached hydrogens (tertiary/aromatic N) is 4. The second-order valence-corrected chi connectivity index (χ2v) is 8.76. The van der Waals surface area contributed by atoms with E-state index in [1.807, 2.05) is 20.8 Å². The molecule has 1 unspecified atom stereocenters. The van der Waals surface area contributed by atoms with E-state index in [9.17, 15) is 14.8 Å². The fourth-order valence-corrected chi connectivity index (χ4v) is 3.41. The van der Waals surface area contributed by atoms with Crippen molar-refractivity contribution in [1.29, 1.82) is 0 Å². The van der Waals surface area contributed by atoms with E-state index in [1.54, 1.807) is 0 Å². The summed E-state index contributed by atoms with van der Waals surface area (Å²) in [6.45, 7) is 5.57. The zero-order valence-electron chi connectivity index (χ0n) is 16.3. The number of imidazole rings is 1. The maximum absolute atomic E-state index is 10.9. The fraction of sp³-hybridized carbons (Fsp3) is 0.688. The number of ether oxygens (including phenoxy) is 2. The van der Waals surface area contributed by atoms with Crippen molar-refractivity contribution in [2.24, 2.45) is 0 Å². The molecule has 0 bridgehead atoms. The lowest BCUT2D eigenvalue weighted by molar-refractivity contribution is -0.0613. The molecule has 0 aliphatic carbocycles. The van der Waals surface area contributed by atoms with E-state index in [4.69, 9.17) is 19.3 Å². The summed E-state index contributed by atoms with van der Waals surface area (Å²) in [5.41, 5.74) is 0.940. The van der Waals surface area contributed by atoms with Crippen LogP contribution in [0, 0.1) is 0 Å². The Morgan fingerprint density at radius 2 is 2.03 bits per heavy atom. The number of aromatic nitrogens is 4. The minimum atomic E-state index is -4.34. The topological polar surface area (TPSA) is 172 Å². The number of hydrogen-bond donors (Lipinski definition) is 5. The van der Waals surface area contributed by atoms with Crippen LogP contribution in [0.5, 0.6) is 0 Å². The van der Waals surface area contributed by atoms with Crippen LogP contribution in [0.1, 0.15) is 32.8 Å². The van der Waals surface area contributed by atoms with Gasteiger partial charge in [-0.3, -0.25) is 9.13 Å². The molecule has 12 nitrogen and oxygen atoms in total. The van der Waals surface area contributed by atoms with Crippen molar-refractivity contribution in [3.05, 3.63) is 12.2 Å². The minimum Gasteiger partial charge on any atom is -0.387 e. The van der Waals surface area contributed by atoms with Crippen molar-refractivity contribution in [3.8, 4) is 0 Å². The zero-order valence-corrected chi connectivity index (χ0v) is 17.2. The molecular formula is C16H26N5O7P. The second kappa shape index (κ2) is 8.60. The summed E-state index contributed by atoms with van der Waals surface area (Å²) in [6, 6.07) is 0.119. The van der Waals surface area contributed by atoms with E-state index >= 15 is 0 Å². The quantitative estimate of drug-likeness (QED) is 0.356. The van der Waals surface area contributed by atoms with Gasteiger partial charge in [0.15, 0.2) is 23.2 Å². The van der Waals surface area contributed by atoms with Gasteiger partial charge in [0.1, 0.15) is 30.5 Å². The molecule has 162 valence electrons. The molecule has 0 saturated carbocycles. The molecular weight excluding hydrogens is 405 g/mol. The summed E-state index contributed by atoms with van der Waals surface area (Å²) in [5, 5.41) is 24.0. The number of aliphatic hydroxyl groups is 2. The number of fused-ring (bicyclic) bond motifs is 1. The van der Waals surface area contributed by atoms with Crippen LogP contribution < -0.4 is 5.32 Å². The predicted octanol–water partition coefficient (Wildman–Crippen LogP) is -0.0200. The Balaban J connectivity index is 1.87. The highest BCUT2D eigenvalue weighted by Gasteiger charge is 2.44. The van der Waals surface area contributed by atoms with E-state index in [0.717, 1.165) is 0 Å². The summed E-state index contributed by atoms with van der Waals surface area (Å²) in [7, 11) is -4.34. The average molecular weight is 431 g/mol. The minimum absolute atomic E-state index is 0.119. The van der Waals surface area contributed by atoms with E-state index in [-0.39, 0.29) is 12.6 Å². The molecule has 0 radical (unpaired) electrons. The van der Waals surface area contributed by atoms with Gasteiger partial charge in [-0.25, -0.2) is 15.0 Å². The third-order valence-corrected chi connectivity index (χ3v) is 4.88. The first-order chi connectivity index (χ1) is 13.6. The highest BCUT2D eigenvalue weighted by Crippen LogP contribution is 2.36. The Labute approximate surface area is 167 Å². The molecule has 29 heavy (non-hydrogen) atoms. The lowest BCUT2D eigenvalue weighted by Crippen LogP contribution is -2.34. The zero-order chi connectivity index (χ0) is 21.3. The van der Waals surface area contributed by atoms with Crippen LogP contribution in [0.25, 0.3) is 11.2 Å². The van der Waals surface area contributed by atoms with Gasteiger partial charge in [-0.05, 0) is 13.8 Å². The van der Waals surface area contributed by atoms with Crippen LogP contribution in [0.15, 0.2) is 6.33 Å². The first-order valence-corrected chi connectivity index (χ1v) is 11.0. The summed E-state index contributed by atoms with van der Waals surface area (Å²) in [5.74, 6) is 1.15. The predicted molar refractivity (Wildman–Crippen MR) is 102 cm³/mol. The molecule has 0 aromatic carbocycles. The smallest absolute Gasteiger partial charge is 0.350 e. The van der Waals surface area contributed by atoms with Gasteiger partial charge >= 0.3 is 7.60 Å². The van der Waals surface area contributed by atoms with Crippen molar-refractivity contribution >= 4 is 24.6 Å². The molecule has 1 fully saturated rings. The lowest BCUT2D eigenvalue weighted by Gasteiger charge is -2.17. The molecule has 3 rings (SSSR count). The third kappa shape index (κ3) is 4.92.